The molecule has 1 aliphatic heterocycles. The van der Waals surface area contributed by atoms with Crippen molar-refractivity contribution in [1.82, 2.24) is 19.8 Å². The lowest BCUT2D eigenvalue weighted by Gasteiger charge is -2.37. The Morgan fingerprint density at radius 3 is 2.45 bits per heavy atom. The van der Waals surface area contributed by atoms with Gasteiger partial charge in [-0.3, -0.25) is 9.59 Å². The predicted molar refractivity (Wildman–Crippen MR) is 151 cm³/mol. The monoisotopic (exact) mass is 609 g/mol. The van der Waals surface area contributed by atoms with Gasteiger partial charge in [-0.1, -0.05) is 23.5 Å². The molecule has 1 aliphatic rings. The maximum atomic E-state index is 14.3. The number of aliphatic hydroxyl groups is 2. The van der Waals surface area contributed by atoms with Crippen LogP contribution in [0.4, 0.5) is 24.5 Å². The van der Waals surface area contributed by atoms with E-state index in [1.807, 2.05) is 13.8 Å². The molecule has 4 rings (SSSR count). The number of methoxy groups -OCH3 is 1. The van der Waals surface area contributed by atoms with Gasteiger partial charge in [0.05, 0.1) is 29.6 Å². The second kappa shape index (κ2) is 12.9. The summed E-state index contributed by atoms with van der Waals surface area (Å²) < 4.78 is 48.5. The zero-order valence-corrected chi connectivity index (χ0v) is 24.5. The van der Waals surface area contributed by atoms with Crippen molar-refractivity contribution >= 4 is 44.9 Å². The number of aliphatic hydroxyl groups excluding tert-OH is 2. The number of pyridine rings is 1. The van der Waals surface area contributed by atoms with Crippen LogP contribution in [0, 0.1) is 12.8 Å². The average Bonchev–Trinajstić information content (AvgIpc) is 3.35. The van der Waals surface area contributed by atoms with Gasteiger partial charge >= 0.3 is 6.18 Å². The predicted octanol–water partition coefficient (Wildman–Crippen LogP) is 4.10. The SMILES string of the molecule is CO[C@@H](C)c1c(Nc2ccc([C@H](N(C)C(=O)C3CCN(C(=O)[C@@H](O)CO)CC3)C(F)(F)F)cc2)cnc2sc(C)nc12. The van der Waals surface area contributed by atoms with E-state index in [4.69, 9.17) is 9.84 Å². The molecule has 1 fully saturated rings. The fourth-order valence-corrected chi connectivity index (χ4v) is 5.99. The molecule has 228 valence electrons. The minimum absolute atomic E-state index is 0.0992. The van der Waals surface area contributed by atoms with Gasteiger partial charge in [0.2, 0.25) is 5.91 Å². The maximum absolute atomic E-state index is 14.3. The number of rotatable bonds is 9. The van der Waals surface area contributed by atoms with Crippen molar-refractivity contribution in [3.8, 4) is 0 Å². The first-order valence-corrected chi connectivity index (χ1v) is 14.2. The molecule has 14 heteroatoms. The van der Waals surface area contributed by atoms with Crippen LogP contribution in [0.3, 0.4) is 0 Å². The Hall–Kier alpha value is -3.33. The molecule has 42 heavy (non-hydrogen) atoms. The third kappa shape index (κ3) is 6.66. The molecule has 0 spiro atoms. The van der Waals surface area contributed by atoms with E-state index >= 15 is 0 Å². The van der Waals surface area contributed by atoms with Gasteiger partial charge in [-0.2, -0.15) is 13.2 Å². The summed E-state index contributed by atoms with van der Waals surface area (Å²) in [5, 5.41) is 22.6. The van der Waals surface area contributed by atoms with Crippen LogP contribution in [0.5, 0.6) is 0 Å². The third-order valence-electron chi connectivity index (χ3n) is 7.50. The number of aryl methyl sites for hydroxylation is 1. The lowest BCUT2D eigenvalue weighted by Crippen LogP contribution is -2.49. The summed E-state index contributed by atoms with van der Waals surface area (Å²) >= 11 is 1.45. The van der Waals surface area contributed by atoms with E-state index in [1.165, 1.54) is 40.5 Å². The molecule has 0 bridgehead atoms. The van der Waals surface area contributed by atoms with Crippen LogP contribution in [-0.2, 0) is 14.3 Å². The number of halogens is 3. The summed E-state index contributed by atoms with van der Waals surface area (Å²) in [5.41, 5.74) is 2.52. The van der Waals surface area contributed by atoms with E-state index in [0.29, 0.717) is 21.8 Å². The highest BCUT2D eigenvalue weighted by atomic mass is 32.1. The standard InChI is InChI=1S/C28H34F3N5O5S/c1-15(41-4)22-20(13-32-25-23(22)33-16(2)42-25)34-19-7-5-17(6-8-19)24(28(29,30)31)35(3)26(39)18-9-11-36(12-10-18)27(40)21(38)14-37/h5-8,13,15,18,21,24,34,37-38H,9-12,14H2,1-4H3/t15-,21-,24-/m0/s1. The highest BCUT2D eigenvalue weighted by molar-refractivity contribution is 7.18. The Morgan fingerprint density at radius 1 is 1.24 bits per heavy atom. The number of aromatic nitrogens is 2. The van der Waals surface area contributed by atoms with Crippen molar-refractivity contribution in [1.29, 1.82) is 0 Å². The third-order valence-corrected chi connectivity index (χ3v) is 8.38. The second-order valence-electron chi connectivity index (χ2n) is 10.3. The van der Waals surface area contributed by atoms with Gasteiger partial charge in [-0.05, 0) is 44.4 Å². The second-order valence-corrected chi connectivity index (χ2v) is 11.5. The van der Waals surface area contributed by atoms with Crippen LogP contribution in [0.2, 0.25) is 0 Å². The number of likely N-dealkylation sites (tertiary alicyclic amines) is 1. The number of fused-ring (bicyclic) bond motifs is 1. The Labute approximate surface area is 245 Å². The number of carbonyl (C=O) groups is 2. The lowest BCUT2D eigenvalue weighted by atomic mass is 9.93. The number of hydrogen-bond donors (Lipinski definition) is 3. The van der Waals surface area contributed by atoms with E-state index in [-0.39, 0.29) is 37.6 Å². The van der Waals surface area contributed by atoms with Crippen molar-refractivity contribution in [3.63, 3.8) is 0 Å². The fourth-order valence-electron chi connectivity index (χ4n) is 5.22. The number of alkyl halides is 3. The van der Waals surface area contributed by atoms with Crippen LogP contribution in [0.15, 0.2) is 30.5 Å². The first-order chi connectivity index (χ1) is 19.8. The first-order valence-electron chi connectivity index (χ1n) is 13.4. The number of nitrogens with one attached hydrogen (secondary N) is 1. The van der Waals surface area contributed by atoms with E-state index in [1.54, 1.807) is 13.3 Å². The van der Waals surface area contributed by atoms with E-state index in [2.05, 4.69) is 15.3 Å². The summed E-state index contributed by atoms with van der Waals surface area (Å²) in [6, 6.07) is 3.52. The number of piperidine rings is 1. The molecule has 0 radical (unpaired) electrons. The number of nitrogens with zero attached hydrogens (tertiary/aromatic N) is 4. The molecule has 1 saturated heterocycles. The van der Waals surface area contributed by atoms with Crippen LogP contribution < -0.4 is 5.32 Å². The maximum Gasteiger partial charge on any atom is 0.413 e. The number of benzene rings is 1. The molecule has 3 aromatic rings. The molecule has 1 aromatic carbocycles. The van der Waals surface area contributed by atoms with Crippen molar-refractivity contribution in [2.45, 2.75) is 51.1 Å². The quantitative estimate of drug-likeness (QED) is 0.331. The van der Waals surface area contributed by atoms with Crippen molar-refractivity contribution in [2.24, 2.45) is 5.92 Å². The Balaban J connectivity index is 1.51. The van der Waals surface area contributed by atoms with Crippen LogP contribution in [0.25, 0.3) is 10.3 Å². The topological polar surface area (TPSA) is 128 Å². The van der Waals surface area contributed by atoms with Crippen molar-refractivity contribution < 1.29 is 37.7 Å². The van der Waals surface area contributed by atoms with Gasteiger partial charge in [0, 0.05) is 44.4 Å². The molecule has 3 heterocycles. The molecule has 10 nitrogen and oxygen atoms in total. The van der Waals surface area contributed by atoms with Crippen LogP contribution in [-0.4, -0.2) is 87.9 Å². The number of amides is 2. The Bertz CT molecular complexity index is 1410. The summed E-state index contributed by atoms with van der Waals surface area (Å²) in [6.45, 7) is 3.22. The van der Waals surface area contributed by atoms with Gasteiger partial charge in [0.25, 0.3) is 5.91 Å². The van der Waals surface area contributed by atoms with Gasteiger partial charge in [0.1, 0.15) is 10.3 Å². The summed E-state index contributed by atoms with van der Waals surface area (Å²) in [4.78, 5) is 37.1. The average molecular weight is 610 g/mol. The minimum Gasteiger partial charge on any atom is -0.393 e. The molecular formula is C28H34F3N5O5S. The van der Waals surface area contributed by atoms with Gasteiger partial charge in [0.15, 0.2) is 12.1 Å². The molecule has 2 aromatic heterocycles. The Kier molecular flexibility index (Phi) is 9.70. The largest absolute Gasteiger partial charge is 0.413 e. The van der Waals surface area contributed by atoms with Gasteiger partial charge < -0.3 is 30.1 Å². The fraction of sp³-hybridized carbons (Fsp3) is 0.500. The smallest absolute Gasteiger partial charge is 0.393 e. The number of carbonyl (C=O) groups excluding carboxylic acids is 2. The normalized spacial score (nSPS) is 16.7. The molecule has 2 amide bonds. The number of thiazole rings is 1. The summed E-state index contributed by atoms with van der Waals surface area (Å²) in [7, 11) is 2.71. The van der Waals surface area contributed by atoms with E-state index in [9.17, 15) is 27.9 Å². The van der Waals surface area contributed by atoms with Crippen molar-refractivity contribution in [2.75, 3.05) is 39.2 Å². The number of hydrogen-bond acceptors (Lipinski definition) is 9. The van der Waals surface area contributed by atoms with Gasteiger partial charge in [-0.15, -0.1) is 0 Å². The van der Waals surface area contributed by atoms with Crippen molar-refractivity contribution in [3.05, 3.63) is 46.6 Å². The molecule has 0 saturated carbocycles. The molecular weight excluding hydrogens is 575 g/mol. The molecule has 0 unspecified atom stereocenters. The molecule has 0 aliphatic carbocycles. The number of anilines is 2. The Morgan fingerprint density at radius 2 is 1.88 bits per heavy atom. The first kappa shape index (κ1) is 31.6. The summed E-state index contributed by atoms with van der Waals surface area (Å²) in [5.74, 6) is -2.06. The zero-order valence-electron chi connectivity index (χ0n) is 23.7. The van der Waals surface area contributed by atoms with E-state index in [0.717, 1.165) is 22.4 Å². The molecule has 3 N–H and O–H groups in total. The minimum atomic E-state index is -4.74. The highest BCUT2D eigenvalue weighted by Crippen LogP contribution is 2.40. The molecule has 3 atom stereocenters. The zero-order chi connectivity index (χ0) is 30.8. The van der Waals surface area contributed by atoms with Gasteiger partial charge in [-0.25, -0.2) is 9.97 Å². The van der Waals surface area contributed by atoms with E-state index < -0.39 is 42.7 Å². The highest BCUT2D eigenvalue weighted by Gasteiger charge is 2.46. The van der Waals surface area contributed by atoms with Crippen LogP contribution in [0.1, 0.15) is 48.0 Å². The number of ether oxygens (including phenoxy) is 1. The van der Waals surface area contributed by atoms with Crippen LogP contribution >= 0.6 is 11.3 Å². The summed E-state index contributed by atoms with van der Waals surface area (Å²) in [6.07, 6.45) is -4.66. The lowest BCUT2D eigenvalue weighted by molar-refractivity contribution is -0.191.